The molecule has 0 aromatic rings. The molecule has 1 fully saturated rings. The van der Waals surface area contributed by atoms with Gasteiger partial charge in [-0.15, -0.1) is 0 Å². The Labute approximate surface area is 76.9 Å². The molecule has 0 radical (unpaired) electrons. The number of hydrogen-bond acceptors (Lipinski definition) is 3. The van der Waals surface area contributed by atoms with Crippen molar-refractivity contribution in [3.8, 4) is 0 Å². The Balaban J connectivity index is 2.78. The third-order valence-corrected chi connectivity index (χ3v) is 2.58. The number of imide groups is 1. The zero-order valence-corrected chi connectivity index (χ0v) is 7.82. The fourth-order valence-corrected chi connectivity index (χ4v) is 1.59. The number of amides is 2. The number of likely N-dealkylation sites (tertiary alicyclic amines) is 1. The van der Waals surface area contributed by atoms with Gasteiger partial charge in [-0.25, -0.2) is 0 Å². The third-order valence-electron chi connectivity index (χ3n) is 2.58. The average Bonchev–Trinajstić information content (AvgIpc) is 2.36. The Hall–Kier alpha value is -1.19. The van der Waals surface area contributed by atoms with Gasteiger partial charge in [-0.3, -0.25) is 14.5 Å². The van der Waals surface area contributed by atoms with Gasteiger partial charge < -0.3 is 4.79 Å². The lowest BCUT2D eigenvalue weighted by Crippen LogP contribution is -2.28. The first kappa shape index (κ1) is 9.89. The smallest absolute Gasteiger partial charge is 0.233 e. The summed E-state index contributed by atoms with van der Waals surface area (Å²) in [6, 6.07) is 0. The predicted octanol–water partition coefficient (Wildman–Crippen LogP) is 0.216. The minimum absolute atomic E-state index is 0.185. The van der Waals surface area contributed by atoms with Crippen molar-refractivity contribution < 1.29 is 14.4 Å². The first-order valence-corrected chi connectivity index (χ1v) is 4.37. The summed E-state index contributed by atoms with van der Waals surface area (Å²) in [4.78, 5) is 34.2. The molecule has 2 unspecified atom stereocenters. The van der Waals surface area contributed by atoms with Gasteiger partial charge in [0.25, 0.3) is 0 Å². The maximum atomic E-state index is 11.4. The van der Waals surface area contributed by atoms with Crippen molar-refractivity contribution in [3.05, 3.63) is 0 Å². The molecule has 2 atom stereocenters. The molecule has 1 heterocycles. The summed E-state index contributed by atoms with van der Waals surface area (Å²) in [7, 11) is 1.46. The highest BCUT2D eigenvalue weighted by molar-refractivity contribution is 6.04. The van der Waals surface area contributed by atoms with Crippen molar-refractivity contribution in [2.75, 3.05) is 7.05 Å². The van der Waals surface area contributed by atoms with Gasteiger partial charge in [-0.1, -0.05) is 6.92 Å². The highest BCUT2D eigenvalue weighted by atomic mass is 16.2. The lowest BCUT2D eigenvalue weighted by Gasteiger charge is -2.13. The third kappa shape index (κ3) is 1.61. The molecule has 1 aliphatic rings. The molecule has 4 heteroatoms. The van der Waals surface area contributed by atoms with E-state index in [9.17, 15) is 14.4 Å². The summed E-state index contributed by atoms with van der Waals surface area (Å²) in [5.41, 5.74) is 0. The summed E-state index contributed by atoms with van der Waals surface area (Å²) in [5.74, 6) is -1.12. The van der Waals surface area contributed by atoms with Crippen molar-refractivity contribution in [2.24, 2.45) is 11.8 Å². The van der Waals surface area contributed by atoms with Crippen LogP contribution in [0.3, 0.4) is 0 Å². The van der Waals surface area contributed by atoms with Crippen LogP contribution in [0.1, 0.15) is 19.8 Å². The molecule has 0 N–H and O–H groups in total. The SMILES string of the molecule is CCC(C=O)C1CC(=O)N(C)C1=O. The van der Waals surface area contributed by atoms with Gasteiger partial charge in [-0.2, -0.15) is 0 Å². The lowest BCUT2D eigenvalue weighted by molar-refractivity contribution is -0.138. The maximum absolute atomic E-state index is 11.4. The van der Waals surface area contributed by atoms with E-state index in [0.717, 1.165) is 11.2 Å². The number of carbonyl (C=O) groups excluding carboxylic acids is 3. The van der Waals surface area contributed by atoms with Gasteiger partial charge in [0.05, 0.1) is 5.92 Å². The topological polar surface area (TPSA) is 54.5 Å². The molecular formula is C9H13NO3. The molecule has 1 saturated heterocycles. The van der Waals surface area contributed by atoms with E-state index in [4.69, 9.17) is 0 Å². The fourth-order valence-electron chi connectivity index (χ4n) is 1.59. The van der Waals surface area contributed by atoms with E-state index in [2.05, 4.69) is 0 Å². The summed E-state index contributed by atoms with van der Waals surface area (Å²) in [6.45, 7) is 1.84. The van der Waals surface area contributed by atoms with E-state index in [-0.39, 0.29) is 24.2 Å². The normalized spacial score (nSPS) is 25.1. The van der Waals surface area contributed by atoms with Gasteiger partial charge in [0, 0.05) is 19.4 Å². The van der Waals surface area contributed by atoms with Crippen LogP contribution in [0.25, 0.3) is 0 Å². The maximum Gasteiger partial charge on any atom is 0.233 e. The van der Waals surface area contributed by atoms with Crippen molar-refractivity contribution in [1.82, 2.24) is 4.90 Å². The Bertz CT molecular complexity index is 249. The molecule has 0 aromatic carbocycles. The summed E-state index contributed by atoms with van der Waals surface area (Å²) < 4.78 is 0. The largest absolute Gasteiger partial charge is 0.303 e. The van der Waals surface area contributed by atoms with Crippen molar-refractivity contribution in [3.63, 3.8) is 0 Å². The second-order valence-corrected chi connectivity index (χ2v) is 3.31. The van der Waals surface area contributed by atoms with Crippen LogP contribution in [0.5, 0.6) is 0 Å². The van der Waals surface area contributed by atoms with Crippen LogP contribution in [0.2, 0.25) is 0 Å². The second-order valence-electron chi connectivity index (χ2n) is 3.31. The average molecular weight is 183 g/mol. The number of hydrogen-bond donors (Lipinski definition) is 0. The number of carbonyl (C=O) groups is 3. The molecule has 0 bridgehead atoms. The Kier molecular flexibility index (Phi) is 2.80. The molecule has 0 saturated carbocycles. The molecule has 0 aromatic heterocycles. The highest BCUT2D eigenvalue weighted by Crippen LogP contribution is 2.26. The second kappa shape index (κ2) is 3.68. The van der Waals surface area contributed by atoms with E-state index in [1.165, 1.54) is 7.05 Å². The van der Waals surface area contributed by atoms with Crippen molar-refractivity contribution in [1.29, 1.82) is 0 Å². The van der Waals surface area contributed by atoms with E-state index in [0.29, 0.717) is 6.42 Å². The minimum Gasteiger partial charge on any atom is -0.303 e. The van der Waals surface area contributed by atoms with E-state index >= 15 is 0 Å². The standard InChI is InChI=1S/C9H13NO3/c1-3-6(5-11)7-4-8(12)10(2)9(7)13/h5-7H,3-4H2,1-2H3. The van der Waals surface area contributed by atoms with Gasteiger partial charge in [0.2, 0.25) is 11.8 Å². The molecule has 4 nitrogen and oxygen atoms in total. The van der Waals surface area contributed by atoms with Crippen LogP contribution in [-0.2, 0) is 14.4 Å². The summed E-state index contributed by atoms with van der Waals surface area (Å²) in [5, 5.41) is 0. The molecular weight excluding hydrogens is 170 g/mol. The van der Waals surface area contributed by atoms with Crippen LogP contribution in [0.4, 0.5) is 0 Å². The predicted molar refractivity (Wildman–Crippen MR) is 45.7 cm³/mol. The Morgan fingerprint density at radius 3 is 2.54 bits per heavy atom. The van der Waals surface area contributed by atoms with Crippen LogP contribution in [0, 0.1) is 11.8 Å². The molecule has 2 amide bonds. The molecule has 0 spiro atoms. The van der Waals surface area contributed by atoms with Gasteiger partial charge in [0.1, 0.15) is 6.29 Å². The minimum atomic E-state index is -0.417. The van der Waals surface area contributed by atoms with E-state index in [1.54, 1.807) is 0 Å². The van der Waals surface area contributed by atoms with Crippen LogP contribution < -0.4 is 0 Å². The van der Waals surface area contributed by atoms with E-state index < -0.39 is 5.92 Å². The molecule has 1 rings (SSSR count). The Morgan fingerprint density at radius 1 is 1.62 bits per heavy atom. The van der Waals surface area contributed by atoms with Gasteiger partial charge in [-0.05, 0) is 6.42 Å². The lowest BCUT2D eigenvalue weighted by atomic mass is 9.90. The molecule has 0 aliphatic carbocycles. The zero-order chi connectivity index (χ0) is 10.0. The fraction of sp³-hybridized carbons (Fsp3) is 0.667. The van der Waals surface area contributed by atoms with Crippen LogP contribution in [0.15, 0.2) is 0 Å². The highest BCUT2D eigenvalue weighted by Gasteiger charge is 2.39. The number of nitrogens with zero attached hydrogens (tertiary/aromatic N) is 1. The first-order valence-electron chi connectivity index (χ1n) is 4.37. The first-order chi connectivity index (χ1) is 6.11. The van der Waals surface area contributed by atoms with Crippen LogP contribution in [-0.4, -0.2) is 30.0 Å². The number of rotatable bonds is 3. The monoisotopic (exact) mass is 183 g/mol. The summed E-state index contributed by atoms with van der Waals surface area (Å²) in [6.07, 6.45) is 1.57. The Morgan fingerprint density at radius 2 is 2.23 bits per heavy atom. The van der Waals surface area contributed by atoms with Crippen LogP contribution >= 0.6 is 0 Å². The van der Waals surface area contributed by atoms with Crippen molar-refractivity contribution in [2.45, 2.75) is 19.8 Å². The van der Waals surface area contributed by atoms with Gasteiger partial charge >= 0.3 is 0 Å². The van der Waals surface area contributed by atoms with E-state index in [1.807, 2.05) is 6.92 Å². The molecule has 72 valence electrons. The van der Waals surface area contributed by atoms with Crippen molar-refractivity contribution >= 4 is 18.1 Å². The summed E-state index contributed by atoms with van der Waals surface area (Å²) >= 11 is 0. The molecule has 13 heavy (non-hydrogen) atoms. The number of aldehydes is 1. The quantitative estimate of drug-likeness (QED) is 0.464. The zero-order valence-electron chi connectivity index (χ0n) is 7.82. The molecule has 1 aliphatic heterocycles. The van der Waals surface area contributed by atoms with Gasteiger partial charge in [0.15, 0.2) is 0 Å².